The van der Waals surface area contributed by atoms with Crippen LogP contribution in [0.25, 0.3) is 127 Å². The first-order chi connectivity index (χ1) is 29.2. The maximum absolute atomic E-state index is 7.07. The van der Waals surface area contributed by atoms with Crippen LogP contribution in [-0.2, 0) is 0 Å². The second-order valence-electron chi connectivity index (χ2n) is 15.3. The Labute approximate surface area is 337 Å². The number of hydrogen-bond acceptors (Lipinski definition) is 4. The van der Waals surface area contributed by atoms with Crippen molar-refractivity contribution in [2.24, 2.45) is 0 Å². The summed E-state index contributed by atoms with van der Waals surface area (Å²) in [5.41, 5.74) is 12.7. The van der Waals surface area contributed by atoms with Crippen molar-refractivity contribution in [1.29, 1.82) is 0 Å². The molecule has 5 heteroatoms. The molecule has 0 aliphatic heterocycles. The first-order valence-corrected chi connectivity index (χ1v) is 19.9. The molecule has 9 aromatic carbocycles. The van der Waals surface area contributed by atoms with E-state index in [9.17, 15) is 0 Å². The van der Waals surface area contributed by atoms with E-state index >= 15 is 0 Å². The van der Waals surface area contributed by atoms with E-state index in [1.807, 2.05) is 24.3 Å². The molecule has 4 heterocycles. The van der Waals surface area contributed by atoms with Crippen LogP contribution < -0.4 is 0 Å². The van der Waals surface area contributed by atoms with E-state index in [2.05, 4.69) is 168 Å². The van der Waals surface area contributed by atoms with Crippen LogP contribution in [0.5, 0.6) is 0 Å². The SMILES string of the molecule is c1ccc(-c2cccc(-c3nc(-n4c5ccccc5c5c6oc7cc(-c8ccc9c(c8)oc8ccccc89)c8ccccc8c7c6ccc54)nc4ccccc34)c2)cc1. The number of benzene rings is 9. The highest BCUT2D eigenvalue weighted by Gasteiger charge is 2.23. The summed E-state index contributed by atoms with van der Waals surface area (Å²) < 4.78 is 15.6. The molecule has 0 atom stereocenters. The zero-order chi connectivity index (χ0) is 38.6. The van der Waals surface area contributed by atoms with Crippen LogP contribution in [0.3, 0.4) is 0 Å². The molecular formula is C54H31N3O2. The number of para-hydroxylation sites is 3. The first kappa shape index (κ1) is 32.1. The molecule has 13 rings (SSSR count). The molecule has 0 bridgehead atoms. The van der Waals surface area contributed by atoms with Gasteiger partial charge in [0.1, 0.15) is 22.3 Å². The molecule has 0 aliphatic rings. The van der Waals surface area contributed by atoms with Crippen LogP contribution >= 0.6 is 0 Å². The van der Waals surface area contributed by atoms with Crippen LogP contribution in [0.1, 0.15) is 0 Å². The molecule has 0 fully saturated rings. The molecule has 0 unspecified atom stereocenters. The summed E-state index contributed by atoms with van der Waals surface area (Å²) in [5, 5.41) is 9.83. The quantitative estimate of drug-likeness (QED) is 0.180. The number of nitrogens with zero attached hydrogens (tertiary/aromatic N) is 3. The van der Waals surface area contributed by atoms with Crippen LogP contribution in [0.15, 0.2) is 197 Å². The largest absolute Gasteiger partial charge is 0.456 e. The molecule has 274 valence electrons. The molecule has 4 aromatic heterocycles. The Balaban J connectivity index is 1.05. The lowest BCUT2D eigenvalue weighted by atomic mass is 9.94. The average Bonchev–Trinajstić information content (AvgIpc) is 3.98. The van der Waals surface area contributed by atoms with E-state index in [-0.39, 0.29) is 0 Å². The minimum Gasteiger partial charge on any atom is -0.456 e. The molecule has 0 radical (unpaired) electrons. The lowest BCUT2D eigenvalue weighted by Gasteiger charge is -2.12. The Bertz CT molecular complexity index is 3850. The van der Waals surface area contributed by atoms with Gasteiger partial charge in [-0.1, -0.05) is 133 Å². The van der Waals surface area contributed by atoms with Gasteiger partial charge in [0, 0.05) is 37.9 Å². The van der Waals surface area contributed by atoms with Gasteiger partial charge in [-0.25, -0.2) is 9.97 Å². The third-order valence-electron chi connectivity index (χ3n) is 12.0. The van der Waals surface area contributed by atoms with E-state index in [0.717, 1.165) is 121 Å². The van der Waals surface area contributed by atoms with Crippen molar-refractivity contribution in [3.63, 3.8) is 0 Å². The van der Waals surface area contributed by atoms with E-state index in [1.165, 1.54) is 0 Å². The summed E-state index contributed by atoms with van der Waals surface area (Å²) in [7, 11) is 0. The Hall–Kier alpha value is -8.02. The van der Waals surface area contributed by atoms with Crippen molar-refractivity contribution < 1.29 is 8.83 Å². The van der Waals surface area contributed by atoms with Crippen molar-refractivity contribution in [3.8, 4) is 39.5 Å². The maximum Gasteiger partial charge on any atom is 0.235 e. The zero-order valence-electron chi connectivity index (χ0n) is 31.6. The highest BCUT2D eigenvalue weighted by molar-refractivity contribution is 6.29. The van der Waals surface area contributed by atoms with Gasteiger partial charge >= 0.3 is 0 Å². The number of aromatic nitrogens is 3. The summed E-state index contributed by atoms with van der Waals surface area (Å²) in [6.07, 6.45) is 0. The van der Waals surface area contributed by atoms with Gasteiger partial charge in [-0.2, -0.15) is 0 Å². The molecule has 0 saturated heterocycles. The summed E-state index contributed by atoms with van der Waals surface area (Å²) >= 11 is 0. The minimum atomic E-state index is 0.610. The molecule has 0 spiro atoms. The van der Waals surface area contributed by atoms with E-state index in [4.69, 9.17) is 18.8 Å². The average molecular weight is 754 g/mol. The maximum atomic E-state index is 7.07. The monoisotopic (exact) mass is 753 g/mol. The highest BCUT2D eigenvalue weighted by atomic mass is 16.3. The van der Waals surface area contributed by atoms with Crippen LogP contribution in [0.4, 0.5) is 0 Å². The Kier molecular flexibility index (Phi) is 6.66. The predicted octanol–water partition coefficient (Wildman–Crippen LogP) is 14.7. The summed E-state index contributed by atoms with van der Waals surface area (Å²) in [6, 6.07) is 65.9. The third-order valence-corrected chi connectivity index (χ3v) is 12.0. The number of fused-ring (bicyclic) bond motifs is 13. The van der Waals surface area contributed by atoms with Crippen LogP contribution in [0, 0.1) is 0 Å². The summed E-state index contributed by atoms with van der Waals surface area (Å²) in [4.78, 5) is 10.6. The molecule has 0 amide bonds. The fourth-order valence-electron chi connectivity index (χ4n) is 9.36. The number of furan rings is 2. The first-order valence-electron chi connectivity index (χ1n) is 19.9. The summed E-state index contributed by atoms with van der Waals surface area (Å²) in [5.74, 6) is 0.610. The van der Waals surface area contributed by atoms with Crippen molar-refractivity contribution in [2.45, 2.75) is 0 Å². The molecule has 0 aliphatic carbocycles. The van der Waals surface area contributed by atoms with Crippen molar-refractivity contribution >= 4 is 87.4 Å². The molecule has 59 heavy (non-hydrogen) atoms. The highest BCUT2D eigenvalue weighted by Crippen LogP contribution is 2.45. The van der Waals surface area contributed by atoms with Crippen LogP contribution in [0.2, 0.25) is 0 Å². The molecule has 0 N–H and O–H groups in total. The van der Waals surface area contributed by atoms with Gasteiger partial charge in [-0.05, 0) is 87.6 Å². The number of rotatable bonds is 4. The van der Waals surface area contributed by atoms with Gasteiger partial charge in [0.15, 0.2) is 0 Å². The summed E-state index contributed by atoms with van der Waals surface area (Å²) in [6.45, 7) is 0. The molecule has 13 aromatic rings. The van der Waals surface area contributed by atoms with E-state index < -0.39 is 0 Å². The van der Waals surface area contributed by atoms with Gasteiger partial charge < -0.3 is 8.83 Å². The van der Waals surface area contributed by atoms with Gasteiger partial charge in [0.2, 0.25) is 5.95 Å². The topological polar surface area (TPSA) is 57.0 Å². The minimum absolute atomic E-state index is 0.610. The Morgan fingerprint density at radius 2 is 1.05 bits per heavy atom. The second kappa shape index (κ2) is 12.2. The normalized spacial score (nSPS) is 12.1. The van der Waals surface area contributed by atoms with Gasteiger partial charge in [0.05, 0.1) is 27.6 Å². The molecule has 0 saturated carbocycles. The fourth-order valence-corrected chi connectivity index (χ4v) is 9.36. The second-order valence-corrected chi connectivity index (χ2v) is 15.3. The smallest absolute Gasteiger partial charge is 0.235 e. The zero-order valence-corrected chi connectivity index (χ0v) is 31.6. The van der Waals surface area contributed by atoms with E-state index in [1.54, 1.807) is 0 Å². The Morgan fingerprint density at radius 3 is 1.95 bits per heavy atom. The molecule has 5 nitrogen and oxygen atoms in total. The standard InChI is InChI=1S/C54H31N3O2/c1-2-13-32(14-3-1)33-15-12-16-35(29-33)52-40-20-6-9-22-44(40)55-54(56-52)57-45-23-10-7-21-41(45)51-46(57)28-27-42-50-39-19-5-4-17-36(39)43(31-49(50)59-53(42)51)34-25-26-38-37-18-8-11-24-47(37)58-48(38)30-34/h1-31H. The van der Waals surface area contributed by atoms with Gasteiger partial charge in [-0.3, -0.25) is 4.57 Å². The Morgan fingerprint density at radius 1 is 0.356 bits per heavy atom. The lowest BCUT2D eigenvalue weighted by Crippen LogP contribution is -2.03. The lowest BCUT2D eigenvalue weighted by molar-refractivity contribution is 0.669. The van der Waals surface area contributed by atoms with E-state index in [0.29, 0.717) is 5.95 Å². The van der Waals surface area contributed by atoms with Gasteiger partial charge in [0.25, 0.3) is 0 Å². The fraction of sp³-hybridized carbons (Fsp3) is 0. The van der Waals surface area contributed by atoms with Crippen molar-refractivity contribution in [1.82, 2.24) is 14.5 Å². The van der Waals surface area contributed by atoms with Crippen molar-refractivity contribution in [3.05, 3.63) is 188 Å². The molecular weight excluding hydrogens is 723 g/mol. The predicted molar refractivity (Wildman–Crippen MR) is 242 cm³/mol. The third kappa shape index (κ3) is 4.73. The van der Waals surface area contributed by atoms with Crippen molar-refractivity contribution in [2.75, 3.05) is 0 Å². The number of hydrogen-bond donors (Lipinski definition) is 0. The van der Waals surface area contributed by atoms with Gasteiger partial charge in [-0.15, -0.1) is 0 Å². The van der Waals surface area contributed by atoms with Crippen LogP contribution in [-0.4, -0.2) is 14.5 Å².